The number of fused-ring (bicyclic) bond motifs is 2. The molecule has 0 saturated carbocycles. The van der Waals surface area contributed by atoms with Crippen molar-refractivity contribution in [3.05, 3.63) is 66.2 Å². The molecule has 3 N–H and O–H groups in total. The first-order valence-electron chi connectivity index (χ1n) is 15.8. The number of carbonyl (C=O) groups is 3. The summed E-state index contributed by atoms with van der Waals surface area (Å²) in [5, 5.41) is 9.43. The molecule has 10 nitrogen and oxygen atoms in total. The molecule has 0 radical (unpaired) electrons. The molecule has 3 amide bonds. The molecule has 44 heavy (non-hydrogen) atoms. The second-order valence-electron chi connectivity index (χ2n) is 12.3. The molecule has 4 heterocycles. The Labute approximate surface area is 258 Å². The van der Waals surface area contributed by atoms with Crippen molar-refractivity contribution in [1.29, 1.82) is 0 Å². The van der Waals surface area contributed by atoms with Crippen molar-refractivity contribution < 1.29 is 28.6 Å². The minimum absolute atomic E-state index is 0.0594. The number of piperidine rings is 1. The fourth-order valence-corrected chi connectivity index (χ4v) is 6.72. The molecule has 0 aromatic heterocycles. The van der Waals surface area contributed by atoms with Gasteiger partial charge in [0, 0.05) is 50.5 Å². The highest BCUT2D eigenvalue weighted by molar-refractivity contribution is 5.93. The van der Waals surface area contributed by atoms with E-state index in [-0.39, 0.29) is 36.2 Å². The molecular weight excluding hydrogens is 560 g/mol. The Morgan fingerprint density at radius 3 is 2.57 bits per heavy atom. The van der Waals surface area contributed by atoms with Gasteiger partial charge in [0.25, 0.3) is 0 Å². The lowest BCUT2D eigenvalue weighted by Gasteiger charge is -2.40. The summed E-state index contributed by atoms with van der Waals surface area (Å²) < 4.78 is 16.8. The number of allylic oxidation sites excluding steroid dienone is 2. The summed E-state index contributed by atoms with van der Waals surface area (Å²) in [5.41, 5.74) is 1.08. The topological polar surface area (TPSA) is 118 Å². The summed E-state index contributed by atoms with van der Waals surface area (Å²) in [6.45, 7) is 3.68. The summed E-state index contributed by atoms with van der Waals surface area (Å²) in [6.07, 6.45) is 8.03. The van der Waals surface area contributed by atoms with Crippen LogP contribution in [0.3, 0.4) is 0 Å². The number of ether oxygens (including phenoxy) is 3. The third-order valence-corrected chi connectivity index (χ3v) is 9.29. The van der Waals surface area contributed by atoms with Crippen LogP contribution in [0.25, 0.3) is 0 Å². The van der Waals surface area contributed by atoms with E-state index in [2.05, 4.69) is 33.0 Å². The predicted molar refractivity (Wildman–Crippen MR) is 165 cm³/mol. The van der Waals surface area contributed by atoms with Crippen LogP contribution in [0, 0.1) is 11.3 Å². The Morgan fingerprint density at radius 2 is 1.75 bits per heavy atom. The summed E-state index contributed by atoms with van der Waals surface area (Å²) in [7, 11) is 0. The van der Waals surface area contributed by atoms with Crippen LogP contribution in [-0.2, 0) is 25.5 Å². The minimum Gasteiger partial charge on any atom is -0.486 e. The lowest BCUT2D eigenvalue weighted by atomic mass is 9.75. The molecular formula is C34H42N4O6. The molecule has 6 rings (SSSR count). The van der Waals surface area contributed by atoms with Gasteiger partial charge in [0.15, 0.2) is 11.5 Å². The van der Waals surface area contributed by atoms with Gasteiger partial charge in [0.1, 0.15) is 19.3 Å². The highest BCUT2D eigenvalue weighted by Crippen LogP contribution is 2.36. The van der Waals surface area contributed by atoms with Crippen LogP contribution in [0.2, 0.25) is 0 Å². The zero-order valence-corrected chi connectivity index (χ0v) is 25.1. The molecule has 10 heteroatoms. The highest BCUT2D eigenvalue weighted by Gasteiger charge is 2.41. The Hall–Kier alpha value is -3.89. The van der Waals surface area contributed by atoms with E-state index < -0.39 is 11.5 Å². The van der Waals surface area contributed by atoms with Crippen molar-refractivity contribution in [3.63, 3.8) is 0 Å². The number of anilines is 1. The Bertz CT molecular complexity index is 1360. The zero-order chi connectivity index (χ0) is 30.4. The molecule has 0 unspecified atom stereocenters. The SMILES string of the molecule is O=C(CN1CC[C@H]2NC(=O)[C@@H](Cc3ccccc3)NC(=O)C3(C/C=C/C[C@H]2C1)CCOCC3)Nc1ccc2c(c1)OCCO2. The summed E-state index contributed by atoms with van der Waals surface area (Å²) in [4.78, 5) is 42.7. The van der Waals surface area contributed by atoms with Crippen LogP contribution in [0.4, 0.5) is 5.69 Å². The highest BCUT2D eigenvalue weighted by atomic mass is 16.6. The number of hydrogen-bond donors (Lipinski definition) is 3. The second-order valence-corrected chi connectivity index (χ2v) is 12.3. The number of carbonyl (C=O) groups excluding carboxylic acids is 3. The van der Waals surface area contributed by atoms with Crippen molar-refractivity contribution in [2.75, 3.05) is 51.4 Å². The quantitative estimate of drug-likeness (QED) is 0.451. The average Bonchev–Trinajstić information content (AvgIpc) is 3.04. The van der Waals surface area contributed by atoms with E-state index in [0.29, 0.717) is 82.4 Å². The lowest BCUT2D eigenvalue weighted by Crippen LogP contribution is -2.58. The third-order valence-electron chi connectivity index (χ3n) is 9.29. The summed E-state index contributed by atoms with van der Waals surface area (Å²) in [6, 6.07) is 14.5. The van der Waals surface area contributed by atoms with E-state index >= 15 is 0 Å². The summed E-state index contributed by atoms with van der Waals surface area (Å²) in [5.74, 6) is 1.12. The molecule has 2 aromatic rings. The van der Waals surface area contributed by atoms with Gasteiger partial charge >= 0.3 is 0 Å². The smallest absolute Gasteiger partial charge is 0.243 e. The van der Waals surface area contributed by atoms with Gasteiger partial charge in [-0.3, -0.25) is 19.3 Å². The van der Waals surface area contributed by atoms with Crippen molar-refractivity contribution in [3.8, 4) is 11.5 Å². The molecule has 4 aliphatic heterocycles. The first kappa shape index (κ1) is 30.1. The van der Waals surface area contributed by atoms with Crippen LogP contribution in [0.1, 0.15) is 37.7 Å². The molecule has 234 valence electrons. The maximum Gasteiger partial charge on any atom is 0.243 e. The number of rotatable bonds is 5. The van der Waals surface area contributed by atoms with Gasteiger partial charge in [-0.15, -0.1) is 0 Å². The largest absolute Gasteiger partial charge is 0.486 e. The summed E-state index contributed by atoms with van der Waals surface area (Å²) >= 11 is 0. The van der Waals surface area contributed by atoms with E-state index in [1.165, 1.54) is 0 Å². The van der Waals surface area contributed by atoms with Crippen molar-refractivity contribution in [2.45, 2.75) is 50.6 Å². The molecule has 2 aromatic carbocycles. The monoisotopic (exact) mass is 602 g/mol. The second kappa shape index (κ2) is 13.8. The van der Waals surface area contributed by atoms with Crippen LogP contribution in [-0.4, -0.2) is 80.8 Å². The number of benzene rings is 2. The van der Waals surface area contributed by atoms with Gasteiger partial charge in [-0.05, 0) is 55.7 Å². The maximum atomic E-state index is 13.8. The molecule has 2 fully saturated rings. The number of nitrogens with zero attached hydrogens (tertiary/aromatic N) is 1. The lowest BCUT2D eigenvalue weighted by molar-refractivity contribution is -0.140. The molecule has 0 aliphatic carbocycles. The fourth-order valence-electron chi connectivity index (χ4n) is 6.72. The molecule has 3 atom stereocenters. The van der Waals surface area contributed by atoms with Crippen LogP contribution < -0.4 is 25.4 Å². The van der Waals surface area contributed by atoms with E-state index in [9.17, 15) is 14.4 Å². The standard InChI is InChI=1S/C34H42N4O6/c39-31(35-26-9-10-29-30(21-26)44-19-18-43-29)23-38-15-11-27-25(22-38)8-4-5-12-34(13-16-42-17-14-34)33(41)37-28(32(40)36-27)20-24-6-2-1-3-7-24/h1-7,9-10,21,25,27-28H,8,11-20,22-23H2,(H,35,39)(H,36,40)(H,37,41)/b5-4+/t25-,27+,28+/m0/s1. The number of amides is 3. The maximum absolute atomic E-state index is 13.8. The minimum atomic E-state index is -0.677. The van der Waals surface area contributed by atoms with Crippen molar-refractivity contribution in [1.82, 2.24) is 15.5 Å². The van der Waals surface area contributed by atoms with E-state index in [1.54, 1.807) is 6.07 Å². The van der Waals surface area contributed by atoms with Crippen LogP contribution >= 0.6 is 0 Å². The van der Waals surface area contributed by atoms with Crippen LogP contribution in [0.5, 0.6) is 11.5 Å². The Balaban J connectivity index is 1.15. The molecule has 2 saturated heterocycles. The van der Waals surface area contributed by atoms with Crippen molar-refractivity contribution >= 4 is 23.4 Å². The van der Waals surface area contributed by atoms with E-state index in [1.807, 2.05) is 42.5 Å². The first-order valence-corrected chi connectivity index (χ1v) is 15.8. The van der Waals surface area contributed by atoms with Gasteiger partial charge in [-0.25, -0.2) is 0 Å². The number of likely N-dealkylation sites (tertiary alicyclic amines) is 1. The van der Waals surface area contributed by atoms with Crippen LogP contribution in [0.15, 0.2) is 60.7 Å². The van der Waals surface area contributed by atoms with Crippen molar-refractivity contribution in [2.24, 2.45) is 11.3 Å². The van der Waals surface area contributed by atoms with Gasteiger partial charge in [0.2, 0.25) is 17.7 Å². The zero-order valence-electron chi connectivity index (χ0n) is 25.1. The van der Waals surface area contributed by atoms with E-state index in [4.69, 9.17) is 14.2 Å². The normalized spacial score (nSPS) is 26.2. The van der Waals surface area contributed by atoms with Gasteiger partial charge in [-0.1, -0.05) is 42.5 Å². The van der Waals surface area contributed by atoms with Gasteiger partial charge in [0.05, 0.1) is 12.0 Å². The van der Waals surface area contributed by atoms with Gasteiger partial charge < -0.3 is 30.2 Å². The van der Waals surface area contributed by atoms with E-state index in [0.717, 1.165) is 18.4 Å². The third kappa shape index (κ3) is 7.25. The molecule has 0 bridgehead atoms. The predicted octanol–water partition coefficient (Wildman–Crippen LogP) is 3.08. The molecule has 1 spiro atoms. The first-order chi connectivity index (χ1) is 21.5. The Morgan fingerprint density at radius 1 is 0.955 bits per heavy atom. The van der Waals surface area contributed by atoms with Gasteiger partial charge in [-0.2, -0.15) is 0 Å². The molecule has 4 aliphatic rings. The Kier molecular flexibility index (Phi) is 9.47. The number of hydrogen-bond acceptors (Lipinski definition) is 7. The number of nitrogens with one attached hydrogen (secondary N) is 3. The fraction of sp³-hybridized carbons (Fsp3) is 0.500. The average molecular weight is 603 g/mol.